The van der Waals surface area contributed by atoms with Crippen molar-refractivity contribution in [1.29, 1.82) is 0 Å². The van der Waals surface area contributed by atoms with Crippen molar-refractivity contribution in [2.24, 2.45) is 5.73 Å². The van der Waals surface area contributed by atoms with Crippen LogP contribution >= 0.6 is 11.8 Å². The topological polar surface area (TPSA) is 115 Å². The van der Waals surface area contributed by atoms with Crippen LogP contribution in [0.3, 0.4) is 0 Å². The van der Waals surface area contributed by atoms with E-state index >= 15 is 0 Å². The van der Waals surface area contributed by atoms with E-state index < -0.39 is 12.3 Å². The number of carboxylic acids is 1. The van der Waals surface area contributed by atoms with Gasteiger partial charge >= 0.3 is 5.97 Å². The van der Waals surface area contributed by atoms with E-state index in [2.05, 4.69) is 11.1 Å². The number of aromatic carboxylic acids is 1. The number of ether oxygens (including phenoxy) is 2. The van der Waals surface area contributed by atoms with Gasteiger partial charge in [0, 0.05) is 30.5 Å². The molecule has 3 aromatic carbocycles. The summed E-state index contributed by atoms with van der Waals surface area (Å²) in [4.78, 5) is 15.9. The number of aromatic nitrogens is 1. The number of benzene rings is 3. The summed E-state index contributed by atoms with van der Waals surface area (Å²) < 4.78 is 12.8. The average molecular weight is 543 g/mol. The molecule has 39 heavy (non-hydrogen) atoms. The number of hydrogen-bond acceptors (Lipinski definition) is 7. The number of nitrogens with zero attached hydrogens (tertiary/aromatic N) is 1. The van der Waals surface area contributed by atoms with Crippen molar-refractivity contribution in [2.45, 2.75) is 43.1 Å². The van der Waals surface area contributed by atoms with Gasteiger partial charge in [-0.15, -0.1) is 11.8 Å². The minimum absolute atomic E-state index is 0.0214. The second-order valence-corrected chi connectivity index (χ2v) is 10.3. The molecule has 1 saturated heterocycles. The van der Waals surface area contributed by atoms with Crippen LogP contribution in [0.4, 0.5) is 0 Å². The molecule has 1 fully saturated rings. The molecule has 0 spiro atoms. The Kier molecular flexibility index (Phi) is 8.71. The molecule has 7 nitrogen and oxygen atoms in total. The lowest BCUT2D eigenvalue weighted by Gasteiger charge is -2.36. The van der Waals surface area contributed by atoms with Crippen molar-refractivity contribution in [3.05, 3.63) is 119 Å². The molecule has 200 valence electrons. The van der Waals surface area contributed by atoms with Gasteiger partial charge in [0.2, 0.25) is 0 Å². The first kappa shape index (κ1) is 27.1. The van der Waals surface area contributed by atoms with Crippen LogP contribution in [0.25, 0.3) is 11.1 Å². The summed E-state index contributed by atoms with van der Waals surface area (Å²) in [6, 6.07) is 27.1. The van der Waals surface area contributed by atoms with E-state index in [1.54, 1.807) is 18.3 Å². The predicted octanol–water partition coefficient (Wildman–Crippen LogP) is 5.74. The number of carbonyl (C=O) groups is 1. The van der Waals surface area contributed by atoms with Gasteiger partial charge in [-0.05, 0) is 39.9 Å². The lowest BCUT2D eigenvalue weighted by atomic mass is 9.98. The van der Waals surface area contributed by atoms with Crippen LogP contribution in [0.1, 0.15) is 51.4 Å². The lowest BCUT2D eigenvalue weighted by molar-refractivity contribution is -0.245. The van der Waals surface area contributed by atoms with E-state index in [9.17, 15) is 15.0 Å². The van der Waals surface area contributed by atoms with Crippen molar-refractivity contribution in [3.8, 4) is 11.1 Å². The Labute approximate surface area is 231 Å². The van der Waals surface area contributed by atoms with Crippen LogP contribution in [0.2, 0.25) is 0 Å². The van der Waals surface area contributed by atoms with Gasteiger partial charge in [-0.25, -0.2) is 9.78 Å². The van der Waals surface area contributed by atoms with Gasteiger partial charge in [0.15, 0.2) is 6.29 Å². The van der Waals surface area contributed by atoms with E-state index in [-0.39, 0.29) is 24.4 Å². The summed E-state index contributed by atoms with van der Waals surface area (Å²) in [6.45, 7) is 0.440. The molecule has 5 rings (SSSR count). The molecule has 0 amide bonds. The highest BCUT2D eigenvalue weighted by molar-refractivity contribution is 7.99. The SMILES string of the molecule is NCc1ccccc1-c1ccc(C2OC(CSc3ncccc3C(=O)O)CC(c3ccc(CO)cc3)O2)cc1. The van der Waals surface area contributed by atoms with Crippen molar-refractivity contribution < 1.29 is 24.5 Å². The Balaban J connectivity index is 1.38. The number of aliphatic hydroxyl groups excluding tert-OH is 1. The van der Waals surface area contributed by atoms with Gasteiger partial charge in [0.05, 0.1) is 24.4 Å². The summed E-state index contributed by atoms with van der Waals surface area (Å²) in [6.07, 6.45) is 1.14. The molecule has 8 heteroatoms. The molecule has 0 bridgehead atoms. The second-order valence-electron chi connectivity index (χ2n) is 9.31. The van der Waals surface area contributed by atoms with Gasteiger partial charge in [0.25, 0.3) is 0 Å². The Hall–Kier alpha value is -3.53. The molecule has 4 aromatic rings. The third-order valence-corrected chi connectivity index (χ3v) is 7.89. The van der Waals surface area contributed by atoms with Gasteiger partial charge in [0.1, 0.15) is 5.03 Å². The fraction of sp³-hybridized carbons (Fsp3) is 0.226. The van der Waals surface area contributed by atoms with Gasteiger partial charge in [-0.1, -0.05) is 72.8 Å². The quantitative estimate of drug-likeness (QED) is 0.230. The van der Waals surface area contributed by atoms with Crippen LogP contribution in [0.5, 0.6) is 0 Å². The van der Waals surface area contributed by atoms with Gasteiger partial charge < -0.3 is 25.4 Å². The number of carboxylic acid groups (broad SMARTS) is 1. The first-order chi connectivity index (χ1) is 19.1. The number of thioether (sulfide) groups is 1. The largest absolute Gasteiger partial charge is 0.478 e. The smallest absolute Gasteiger partial charge is 0.338 e. The zero-order valence-corrected chi connectivity index (χ0v) is 22.1. The number of hydrogen-bond donors (Lipinski definition) is 3. The summed E-state index contributed by atoms with van der Waals surface area (Å²) in [5.74, 6) is -0.487. The summed E-state index contributed by atoms with van der Waals surface area (Å²) in [5, 5.41) is 19.4. The zero-order chi connectivity index (χ0) is 27.2. The van der Waals surface area contributed by atoms with Crippen LogP contribution in [-0.4, -0.2) is 33.0 Å². The van der Waals surface area contributed by atoms with Crippen LogP contribution < -0.4 is 5.73 Å². The van der Waals surface area contributed by atoms with E-state index in [0.29, 0.717) is 23.7 Å². The highest BCUT2D eigenvalue weighted by Crippen LogP contribution is 2.40. The van der Waals surface area contributed by atoms with Crippen molar-refractivity contribution in [3.63, 3.8) is 0 Å². The van der Waals surface area contributed by atoms with Crippen LogP contribution in [-0.2, 0) is 22.6 Å². The number of rotatable bonds is 9. The highest BCUT2D eigenvalue weighted by Gasteiger charge is 2.32. The Morgan fingerprint density at radius 3 is 2.41 bits per heavy atom. The Morgan fingerprint density at radius 1 is 0.949 bits per heavy atom. The van der Waals surface area contributed by atoms with Gasteiger partial charge in [-0.3, -0.25) is 0 Å². The lowest BCUT2D eigenvalue weighted by Crippen LogP contribution is -2.31. The maximum absolute atomic E-state index is 11.6. The molecule has 2 heterocycles. The Morgan fingerprint density at radius 2 is 1.69 bits per heavy atom. The summed E-state index contributed by atoms with van der Waals surface area (Å²) >= 11 is 1.37. The molecule has 1 aliphatic rings. The molecule has 0 radical (unpaired) electrons. The van der Waals surface area contributed by atoms with E-state index in [1.165, 1.54) is 11.8 Å². The molecule has 1 aromatic heterocycles. The van der Waals surface area contributed by atoms with Crippen LogP contribution in [0, 0.1) is 0 Å². The summed E-state index contributed by atoms with van der Waals surface area (Å²) in [5.41, 5.74) is 12.1. The summed E-state index contributed by atoms with van der Waals surface area (Å²) in [7, 11) is 0. The van der Waals surface area contributed by atoms with Gasteiger partial charge in [-0.2, -0.15) is 0 Å². The molecule has 4 N–H and O–H groups in total. The first-order valence-corrected chi connectivity index (χ1v) is 13.7. The minimum atomic E-state index is -1.01. The fourth-order valence-electron chi connectivity index (χ4n) is 4.66. The normalized spacial score (nSPS) is 19.1. The van der Waals surface area contributed by atoms with E-state index in [0.717, 1.165) is 33.4 Å². The predicted molar refractivity (Wildman–Crippen MR) is 150 cm³/mol. The zero-order valence-electron chi connectivity index (χ0n) is 21.3. The van der Waals surface area contributed by atoms with Crippen LogP contribution in [0.15, 0.2) is 96.2 Å². The fourth-order valence-corrected chi connectivity index (χ4v) is 5.67. The number of aliphatic hydroxyl groups is 1. The van der Waals surface area contributed by atoms with Crippen molar-refractivity contribution in [1.82, 2.24) is 4.98 Å². The monoisotopic (exact) mass is 542 g/mol. The number of nitrogens with two attached hydrogens (primary N) is 1. The maximum Gasteiger partial charge on any atom is 0.338 e. The average Bonchev–Trinajstić information content (AvgIpc) is 3.00. The molecule has 0 saturated carbocycles. The van der Waals surface area contributed by atoms with Crippen molar-refractivity contribution >= 4 is 17.7 Å². The minimum Gasteiger partial charge on any atom is -0.478 e. The van der Waals surface area contributed by atoms with Crippen molar-refractivity contribution in [2.75, 3.05) is 5.75 Å². The third-order valence-electron chi connectivity index (χ3n) is 6.75. The first-order valence-electron chi connectivity index (χ1n) is 12.8. The molecule has 1 aliphatic heterocycles. The van der Waals surface area contributed by atoms with E-state index in [4.69, 9.17) is 15.2 Å². The molecule has 3 unspecified atom stereocenters. The second kappa shape index (κ2) is 12.5. The standard InChI is InChI=1S/C31H30N2O5S/c32-17-24-4-1-2-5-26(24)21-11-13-23(14-12-21)31-37-25(19-39-29-27(30(35)36)6-3-15-33-29)16-28(38-31)22-9-7-20(18-34)8-10-22/h1-15,25,28,31,34H,16-19,32H2,(H,35,36). The molecule has 0 aliphatic carbocycles. The highest BCUT2D eigenvalue weighted by atomic mass is 32.2. The third kappa shape index (κ3) is 6.38. The molecular weight excluding hydrogens is 512 g/mol. The molecule has 3 atom stereocenters. The number of pyridine rings is 1. The maximum atomic E-state index is 11.6. The molecular formula is C31H30N2O5S. The van der Waals surface area contributed by atoms with E-state index in [1.807, 2.05) is 66.7 Å². The Bertz CT molecular complexity index is 1410.